The fourth-order valence-electron chi connectivity index (χ4n) is 7.62. The first-order chi connectivity index (χ1) is 15.2. The van der Waals surface area contributed by atoms with Crippen LogP contribution >= 0.6 is 0 Å². The lowest BCUT2D eigenvalue weighted by molar-refractivity contribution is -0.120. The minimum absolute atomic E-state index is 0.0440. The van der Waals surface area contributed by atoms with Gasteiger partial charge in [0.2, 0.25) is 0 Å². The van der Waals surface area contributed by atoms with E-state index in [2.05, 4.69) is 19.2 Å². The summed E-state index contributed by atoms with van der Waals surface area (Å²) in [4.78, 5) is 26.5. The van der Waals surface area contributed by atoms with E-state index in [0.29, 0.717) is 29.2 Å². The molecule has 4 nitrogen and oxygen atoms in total. The molecule has 172 valence electrons. The van der Waals surface area contributed by atoms with Crippen LogP contribution in [-0.2, 0) is 4.79 Å². The zero-order valence-corrected chi connectivity index (χ0v) is 19.9. The number of nitrogens with one attached hydrogen (secondary N) is 1. The Labute approximate surface area is 192 Å². The van der Waals surface area contributed by atoms with Gasteiger partial charge in [-0.2, -0.15) is 0 Å². The minimum Gasteiger partial charge on any atom is -0.491 e. The van der Waals surface area contributed by atoms with E-state index in [1.165, 1.54) is 32.1 Å². The maximum absolute atomic E-state index is 13.4. The SMILES string of the molecule is CC(C)Oc1ccc(C(=O)C2C[C@@]3(C)C(=CC2=O)NC[C@H]2[C@@H]4CCC[C@@]4(C)CC[C@@H]23)cc1. The quantitative estimate of drug-likeness (QED) is 0.496. The highest BCUT2D eigenvalue weighted by atomic mass is 16.5. The summed E-state index contributed by atoms with van der Waals surface area (Å²) in [5, 5.41) is 3.66. The van der Waals surface area contributed by atoms with Gasteiger partial charge in [-0.25, -0.2) is 0 Å². The van der Waals surface area contributed by atoms with E-state index in [1.54, 1.807) is 18.2 Å². The molecule has 0 spiro atoms. The van der Waals surface area contributed by atoms with Gasteiger partial charge in [0.05, 0.1) is 12.0 Å². The van der Waals surface area contributed by atoms with Crippen molar-refractivity contribution in [1.82, 2.24) is 5.32 Å². The molecule has 5 rings (SSSR count). The molecule has 0 aromatic heterocycles. The molecule has 4 aliphatic rings. The van der Waals surface area contributed by atoms with Crippen molar-refractivity contribution in [2.75, 3.05) is 6.54 Å². The molecule has 6 atom stereocenters. The number of fused-ring (bicyclic) bond motifs is 5. The van der Waals surface area contributed by atoms with Crippen molar-refractivity contribution in [3.63, 3.8) is 0 Å². The Balaban J connectivity index is 1.40. The topological polar surface area (TPSA) is 55.4 Å². The number of ketones is 2. The van der Waals surface area contributed by atoms with Gasteiger partial charge in [0.25, 0.3) is 0 Å². The van der Waals surface area contributed by atoms with Gasteiger partial charge in [-0.15, -0.1) is 0 Å². The molecule has 1 aromatic carbocycles. The third-order valence-corrected chi connectivity index (χ3v) is 9.27. The van der Waals surface area contributed by atoms with Crippen molar-refractivity contribution in [2.24, 2.45) is 34.5 Å². The van der Waals surface area contributed by atoms with Gasteiger partial charge in [0.1, 0.15) is 5.75 Å². The van der Waals surface area contributed by atoms with Crippen LogP contribution in [0.2, 0.25) is 0 Å². The maximum atomic E-state index is 13.4. The highest BCUT2D eigenvalue weighted by Gasteiger charge is 2.58. The average molecular weight is 436 g/mol. The van der Waals surface area contributed by atoms with Gasteiger partial charge < -0.3 is 10.1 Å². The van der Waals surface area contributed by atoms with Crippen LogP contribution < -0.4 is 10.1 Å². The Morgan fingerprint density at radius 2 is 1.84 bits per heavy atom. The molecule has 0 bridgehead atoms. The first-order valence-corrected chi connectivity index (χ1v) is 12.5. The molecule has 4 heteroatoms. The molecule has 3 fully saturated rings. The number of ether oxygens (including phenoxy) is 1. The van der Waals surface area contributed by atoms with Crippen molar-refractivity contribution in [1.29, 1.82) is 0 Å². The smallest absolute Gasteiger partial charge is 0.173 e. The molecule has 0 radical (unpaired) electrons. The first kappa shape index (κ1) is 21.7. The van der Waals surface area contributed by atoms with Gasteiger partial charge in [-0.1, -0.05) is 20.3 Å². The molecule has 2 saturated carbocycles. The summed E-state index contributed by atoms with van der Waals surface area (Å²) in [5.74, 6) is 2.04. The van der Waals surface area contributed by atoms with Crippen LogP contribution in [0.3, 0.4) is 0 Å². The van der Waals surface area contributed by atoms with Gasteiger partial charge >= 0.3 is 0 Å². The van der Waals surface area contributed by atoms with E-state index >= 15 is 0 Å². The van der Waals surface area contributed by atoms with Gasteiger partial charge in [-0.05, 0) is 93.4 Å². The van der Waals surface area contributed by atoms with Crippen molar-refractivity contribution in [3.05, 3.63) is 41.6 Å². The second-order valence-corrected chi connectivity index (χ2v) is 11.5. The van der Waals surface area contributed by atoms with E-state index < -0.39 is 5.92 Å². The van der Waals surface area contributed by atoms with Crippen molar-refractivity contribution >= 4 is 11.6 Å². The molecule has 3 aliphatic carbocycles. The van der Waals surface area contributed by atoms with Crippen molar-refractivity contribution in [2.45, 2.75) is 72.3 Å². The predicted octanol–water partition coefficient (Wildman–Crippen LogP) is 5.57. The predicted molar refractivity (Wildman–Crippen MR) is 126 cm³/mol. The second kappa shape index (κ2) is 7.74. The zero-order chi connectivity index (χ0) is 22.7. The Kier molecular flexibility index (Phi) is 5.26. The zero-order valence-electron chi connectivity index (χ0n) is 19.9. The Morgan fingerprint density at radius 1 is 1.09 bits per heavy atom. The van der Waals surface area contributed by atoms with Crippen molar-refractivity contribution in [3.8, 4) is 5.75 Å². The Hall–Kier alpha value is -2.10. The summed E-state index contributed by atoms with van der Waals surface area (Å²) < 4.78 is 5.71. The molecule has 1 aliphatic heterocycles. The Bertz CT molecular complexity index is 948. The van der Waals surface area contributed by atoms with Crippen LogP contribution in [0.1, 0.15) is 76.6 Å². The normalized spacial score (nSPS) is 38.3. The number of rotatable bonds is 4. The molecular formula is C28H37NO3. The summed E-state index contributed by atoms with van der Waals surface area (Å²) in [6.45, 7) is 9.75. The molecule has 32 heavy (non-hydrogen) atoms. The van der Waals surface area contributed by atoms with E-state index in [1.807, 2.05) is 26.0 Å². The molecule has 1 heterocycles. The third kappa shape index (κ3) is 3.41. The number of hydrogen-bond donors (Lipinski definition) is 1. The number of carbonyl (C=O) groups excluding carboxylic acids is 2. The summed E-state index contributed by atoms with van der Waals surface area (Å²) in [7, 11) is 0. The van der Waals surface area contributed by atoms with Crippen LogP contribution in [0.5, 0.6) is 5.75 Å². The Morgan fingerprint density at radius 3 is 2.56 bits per heavy atom. The average Bonchev–Trinajstić information content (AvgIpc) is 3.15. The highest BCUT2D eigenvalue weighted by molar-refractivity contribution is 6.14. The van der Waals surface area contributed by atoms with E-state index in [0.717, 1.165) is 23.9 Å². The standard InChI is InChI=1S/C28H37NO3/c1-17(2)32-19-9-7-18(8-10-19)26(31)20-15-28(4)23-11-13-27(3)12-5-6-22(27)21(23)16-29-25(28)14-24(20)30/h7-10,14,17,20-23,29H,5-6,11-13,15-16H2,1-4H3/t20?,21-,22-,23-,27-,28+/m0/s1. The van der Waals surface area contributed by atoms with Crippen LogP contribution in [0.4, 0.5) is 0 Å². The highest BCUT2D eigenvalue weighted by Crippen LogP contribution is 2.62. The van der Waals surface area contributed by atoms with Crippen LogP contribution in [0.25, 0.3) is 0 Å². The number of benzene rings is 1. The largest absolute Gasteiger partial charge is 0.491 e. The lowest BCUT2D eigenvalue weighted by Gasteiger charge is -2.58. The van der Waals surface area contributed by atoms with E-state index in [-0.39, 0.29) is 23.1 Å². The lowest BCUT2D eigenvalue weighted by atomic mass is 9.50. The van der Waals surface area contributed by atoms with Gasteiger partial charge in [-0.3, -0.25) is 9.59 Å². The monoisotopic (exact) mass is 435 g/mol. The van der Waals surface area contributed by atoms with Gasteiger partial charge in [0, 0.05) is 29.3 Å². The number of Topliss-reactive ketones (excluding diaryl/α,β-unsaturated/α-hetero) is 1. The second-order valence-electron chi connectivity index (χ2n) is 11.5. The van der Waals surface area contributed by atoms with Gasteiger partial charge in [0.15, 0.2) is 11.6 Å². The van der Waals surface area contributed by atoms with E-state index in [9.17, 15) is 9.59 Å². The number of carbonyl (C=O) groups is 2. The number of allylic oxidation sites excluding steroid dienone is 2. The number of piperidine rings is 1. The summed E-state index contributed by atoms with van der Waals surface area (Å²) in [6, 6.07) is 7.29. The summed E-state index contributed by atoms with van der Waals surface area (Å²) in [6.07, 6.45) is 9.01. The van der Waals surface area contributed by atoms with E-state index in [4.69, 9.17) is 4.74 Å². The maximum Gasteiger partial charge on any atom is 0.173 e. The molecule has 1 aromatic rings. The fraction of sp³-hybridized carbons (Fsp3) is 0.643. The van der Waals surface area contributed by atoms with Crippen molar-refractivity contribution < 1.29 is 14.3 Å². The van der Waals surface area contributed by atoms with Crippen LogP contribution in [-0.4, -0.2) is 24.2 Å². The molecule has 1 N–H and O–H groups in total. The summed E-state index contributed by atoms with van der Waals surface area (Å²) in [5.41, 5.74) is 2.05. The minimum atomic E-state index is -0.585. The molecule has 1 saturated heterocycles. The molecule has 0 amide bonds. The third-order valence-electron chi connectivity index (χ3n) is 9.27. The first-order valence-electron chi connectivity index (χ1n) is 12.5. The number of hydrogen-bond acceptors (Lipinski definition) is 4. The van der Waals surface area contributed by atoms with Crippen LogP contribution in [0.15, 0.2) is 36.0 Å². The fourth-order valence-corrected chi connectivity index (χ4v) is 7.62. The molecular weight excluding hydrogens is 398 g/mol. The summed E-state index contributed by atoms with van der Waals surface area (Å²) >= 11 is 0. The lowest BCUT2D eigenvalue weighted by Crippen LogP contribution is -2.57. The van der Waals surface area contributed by atoms with Crippen LogP contribution in [0, 0.1) is 34.5 Å². The molecule has 1 unspecified atom stereocenters.